The fourth-order valence-electron chi connectivity index (χ4n) is 3.90. The lowest BCUT2D eigenvalue weighted by Crippen LogP contribution is -2.47. The van der Waals surface area contributed by atoms with Crippen LogP contribution in [0, 0.1) is 20.8 Å². The van der Waals surface area contributed by atoms with Crippen molar-refractivity contribution in [3.63, 3.8) is 0 Å². The van der Waals surface area contributed by atoms with Gasteiger partial charge in [0.2, 0.25) is 0 Å². The van der Waals surface area contributed by atoms with Crippen LogP contribution in [0.2, 0.25) is 0 Å². The van der Waals surface area contributed by atoms with Gasteiger partial charge in [-0.05, 0) is 50.3 Å². The van der Waals surface area contributed by atoms with E-state index in [-0.39, 0.29) is 11.9 Å². The number of imide groups is 1. The third-order valence-corrected chi connectivity index (χ3v) is 4.99. The molecule has 0 unspecified atom stereocenters. The van der Waals surface area contributed by atoms with Crippen molar-refractivity contribution in [3.8, 4) is 0 Å². The van der Waals surface area contributed by atoms with Gasteiger partial charge in [0.25, 0.3) is 5.91 Å². The molecule has 0 atom stereocenters. The molecule has 1 saturated carbocycles. The number of hydrogen-bond acceptors (Lipinski definition) is 2. The smallest absolute Gasteiger partial charge is 0.305 e. The Bertz CT molecular complexity index is 592. The van der Waals surface area contributed by atoms with Gasteiger partial charge in [0.15, 0.2) is 0 Å². The van der Waals surface area contributed by atoms with Gasteiger partial charge in [-0.2, -0.15) is 0 Å². The van der Waals surface area contributed by atoms with Gasteiger partial charge in [-0.15, -0.1) is 0 Å². The molecule has 1 aromatic carbocycles. The van der Waals surface area contributed by atoms with Gasteiger partial charge in [0.1, 0.15) is 5.54 Å². The quantitative estimate of drug-likeness (QED) is 0.850. The van der Waals surface area contributed by atoms with E-state index in [1.807, 2.05) is 0 Å². The fraction of sp³-hybridized carbons (Fsp3) is 0.529. The highest BCUT2D eigenvalue weighted by Crippen LogP contribution is 2.40. The van der Waals surface area contributed by atoms with Crippen molar-refractivity contribution < 1.29 is 9.59 Å². The summed E-state index contributed by atoms with van der Waals surface area (Å²) in [6, 6.07) is 4.04. The summed E-state index contributed by atoms with van der Waals surface area (Å²) in [5.41, 5.74) is 4.17. The number of aryl methyl sites for hydroxylation is 3. The molecular formula is C17H22N2O2. The van der Waals surface area contributed by atoms with Crippen molar-refractivity contribution in [3.05, 3.63) is 34.4 Å². The summed E-state index contributed by atoms with van der Waals surface area (Å²) in [6.07, 6.45) is 3.61. The van der Waals surface area contributed by atoms with E-state index in [9.17, 15) is 9.59 Å². The third kappa shape index (κ3) is 2.13. The second-order valence-electron chi connectivity index (χ2n) is 6.46. The number of nitrogens with zero attached hydrogens (tertiary/aromatic N) is 1. The number of rotatable bonds is 2. The van der Waals surface area contributed by atoms with Crippen LogP contribution in [-0.4, -0.2) is 22.4 Å². The van der Waals surface area contributed by atoms with E-state index in [1.54, 1.807) is 4.90 Å². The number of hydrogen-bond donors (Lipinski definition) is 1. The van der Waals surface area contributed by atoms with Crippen LogP contribution in [0.5, 0.6) is 0 Å². The minimum absolute atomic E-state index is 0.104. The first-order valence-corrected chi connectivity index (χ1v) is 7.64. The Hall–Kier alpha value is -1.84. The van der Waals surface area contributed by atoms with E-state index < -0.39 is 5.54 Å². The molecule has 0 aromatic heterocycles. The van der Waals surface area contributed by atoms with Crippen LogP contribution in [0.25, 0.3) is 0 Å². The summed E-state index contributed by atoms with van der Waals surface area (Å²) in [6.45, 7) is 6.75. The molecule has 2 aliphatic rings. The number of amides is 3. The molecule has 1 aromatic rings. The highest BCUT2D eigenvalue weighted by atomic mass is 16.2. The number of benzene rings is 1. The van der Waals surface area contributed by atoms with Crippen LogP contribution >= 0.6 is 0 Å². The van der Waals surface area contributed by atoms with Crippen LogP contribution in [0.4, 0.5) is 4.79 Å². The van der Waals surface area contributed by atoms with Crippen LogP contribution in [0.15, 0.2) is 12.1 Å². The van der Waals surface area contributed by atoms with Gasteiger partial charge in [-0.3, -0.25) is 10.1 Å². The molecular weight excluding hydrogens is 264 g/mol. The van der Waals surface area contributed by atoms with Crippen LogP contribution in [-0.2, 0) is 11.3 Å². The first-order chi connectivity index (χ1) is 9.94. The topological polar surface area (TPSA) is 49.4 Å². The van der Waals surface area contributed by atoms with Gasteiger partial charge in [0.05, 0.1) is 0 Å². The molecule has 1 saturated heterocycles. The molecule has 21 heavy (non-hydrogen) atoms. The fourth-order valence-corrected chi connectivity index (χ4v) is 3.90. The van der Waals surface area contributed by atoms with E-state index in [0.29, 0.717) is 6.54 Å². The number of carbonyl (C=O) groups is 2. The van der Waals surface area contributed by atoms with Crippen molar-refractivity contribution in [1.29, 1.82) is 0 Å². The zero-order chi connectivity index (χ0) is 15.2. The summed E-state index contributed by atoms with van der Waals surface area (Å²) >= 11 is 0. The SMILES string of the molecule is Cc1cc(C)c(CN2C(=O)NC(=O)C23CCCC3)c(C)c1. The molecule has 4 nitrogen and oxygen atoms in total. The average molecular weight is 286 g/mol. The van der Waals surface area contributed by atoms with Crippen molar-refractivity contribution in [1.82, 2.24) is 10.2 Å². The highest BCUT2D eigenvalue weighted by molar-refractivity contribution is 6.07. The van der Waals surface area contributed by atoms with Gasteiger partial charge in [-0.25, -0.2) is 4.79 Å². The van der Waals surface area contributed by atoms with Gasteiger partial charge < -0.3 is 4.90 Å². The third-order valence-electron chi connectivity index (χ3n) is 4.99. The molecule has 1 N–H and O–H groups in total. The Labute approximate surface area is 125 Å². The molecule has 1 heterocycles. The molecule has 4 heteroatoms. The monoisotopic (exact) mass is 286 g/mol. The second-order valence-corrected chi connectivity index (χ2v) is 6.46. The van der Waals surface area contributed by atoms with Crippen LogP contribution in [0.3, 0.4) is 0 Å². The summed E-state index contributed by atoms with van der Waals surface area (Å²) < 4.78 is 0. The zero-order valence-electron chi connectivity index (χ0n) is 13.0. The van der Waals surface area contributed by atoms with E-state index in [1.165, 1.54) is 16.7 Å². The molecule has 112 valence electrons. The summed E-state index contributed by atoms with van der Waals surface area (Å²) in [7, 11) is 0. The van der Waals surface area contributed by atoms with Crippen LogP contribution < -0.4 is 5.32 Å². The van der Waals surface area contributed by atoms with Crippen molar-refractivity contribution in [2.45, 2.75) is 58.5 Å². The lowest BCUT2D eigenvalue weighted by Gasteiger charge is -2.32. The molecule has 0 bridgehead atoms. The van der Waals surface area contributed by atoms with Crippen molar-refractivity contribution >= 4 is 11.9 Å². The lowest BCUT2D eigenvalue weighted by molar-refractivity contribution is -0.126. The predicted molar refractivity (Wildman–Crippen MR) is 80.9 cm³/mol. The molecule has 1 spiro atoms. The Morgan fingerprint density at radius 3 is 2.24 bits per heavy atom. The summed E-state index contributed by atoms with van der Waals surface area (Å²) in [4.78, 5) is 26.3. The largest absolute Gasteiger partial charge is 0.325 e. The number of nitrogens with one attached hydrogen (secondary N) is 1. The normalized spacial score (nSPS) is 20.4. The first-order valence-electron chi connectivity index (χ1n) is 7.64. The minimum Gasteiger partial charge on any atom is -0.305 e. The Morgan fingerprint density at radius 1 is 1.10 bits per heavy atom. The first kappa shape index (κ1) is 14.1. The summed E-state index contributed by atoms with van der Waals surface area (Å²) in [5, 5.41) is 2.52. The van der Waals surface area contributed by atoms with Crippen molar-refractivity contribution in [2.75, 3.05) is 0 Å². The Kier molecular flexibility index (Phi) is 3.27. The van der Waals surface area contributed by atoms with Gasteiger partial charge in [-0.1, -0.05) is 30.5 Å². The summed E-state index contributed by atoms with van der Waals surface area (Å²) in [5.74, 6) is -0.104. The van der Waals surface area contributed by atoms with E-state index in [2.05, 4.69) is 38.2 Å². The molecule has 0 radical (unpaired) electrons. The molecule has 3 amide bonds. The maximum Gasteiger partial charge on any atom is 0.325 e. The second kappa shape index (κ2) is 4.86. The zero-order valence-corrected chi connectivity index (χ0v) is 13.0. The average Bonchev–Trinajstić information content (AvgIpc) is 2.95. The van der Waals surface area contributed by atoms with Gasteiger partial charge >= 0.3 is 6.03 Å². The lowest BCUT2D eigenvalue weighted by atomic mass is 9.93. The maximum atomic E-state index is 12.3. The number of urea groups is 1. The molecule has 1 aliphatic carbocycles. The highest BCUT2D eigenvalue weighted by Gasteiger charge is 2.54. The molecule has 1 aliphatic heterocycles. The standard InChI is InChI=1S/C17H22N2O2/c1-11-8-12(2)14(13(3)9-11)10-19-16(21)18-15(20)17(19)6-4-5-7-17/h8-9H,4-7,10H2,1-3H3,(H,18,20,21). The van der Waals surface area contributed by atoms with Crippen LogP contribution in [0.1, 0.15) is 47.9 Å². The van der Waals surface area contributed by atoms with E-state index in [0.717, 1.165) is 31.2 Å². The number of carbonyl (C=O) groups excluding carboxylic acids is 2. The Morgan fingerprint density at radius 2 is 1.67 bits per heavy atom. The van der Waals surface area contributed by atoms with E-state index in [4.69, 9.17) is 0 Å². The maximum absolute atomic E-state index is 12.3. The van der Waals surface area contributed by atoms with Gasteiger partial charge in [0, 0.05) is 6.54 Å². The van der Waals surface area contributed by atoms with E-state index >= 15 is 0 Å². The Balaban J connectivity index is 1.97. The molecule has 2 fully saturated rings. The minimum atomic E-state index is -0.596. The molecule has 3 rings (SSSR count). The van der Waals surface area contributed by atoms with Crippen molar-refractivity contribution in [2.24, 2.45) is 0 Å². The predicted octanol–water partition coefficient (Wildman–Crippen LogP) is 2.98.